The van der Waals surface area contributed by atoms with Crippen molar-refractivity contribution in [2.75, 3.05) is 0 Å². The number of aliphatic hydroxyl groups is 1. The van der Waals surface area contributed by atoms with Crippen LogP contribution in [-0.4, -0.2) is 17.1 Å². The molecule has 98 valence electrons. The zero-order valence-electron chi connectivity index (χ0n) is 11.4. The minimum Gasteiger partial charge on any atom is -0.509 e. The topological polar surface area (TPSA) is 49.3 Å². The Morgan fingerprint density at radius 2 is 2.16 bits per heavy atom. The van der Waals surface area contributed by atoms with Crippen molar-refractivity contribution >= 4 is 11.5 Å². The lowest BCUT2D eigenvalue weighted by Crippen LogP contribution is -2.25. The van der Waals surface area contributed by atoms with Crippen molar-refractivity contribution in [2.24, 2.45) is 0 Å². The summed E-state index contributed by atoms with van der Waals surface area (Å²) in [7, 11) is 0. The van der Waals surface area contributed by atoms with E-state index in [1.165, 1.54) is 0 Å². The average molecular weight is 255 g/mol. The van der Waals surface area contributed by atoms with Gasteiger partial charge in [-0.1, -0.05) is 12.8 Å². The number of benzene rings is 1. The predicted octanol–water partition coefficient (Wildman–Crippen LogP) is 2.33. The lowest BCUT2D eigenvalue weighted by molar-refractivity contribution is -0.115. The predicted molar refractivity (Wildman–Crippen MR) is 75.6 cm³/mol. The molecule has 1 aliphatic rings. The molecular weight excluding hydrogens is 238 g/mol. The third-order valence-electron chi connectivity index (χ3n) is 3.46. The van der Waals surface area contributed by atoms with Crippen LogP contribution in [-0.2, 0) is 11.2 Å². The first-order chi connectivity index (χ1) is 8.99. The number of hydrogen-bond donors (Lipinski definition) is 2. The van der Waals surface area contributed by atoms with Gasteiger partial charge in [-0.25, -0.2) is 0 Å². The first kappa shape index (κ1) is 13.2. The number of amides is 1. The summed E-state index contributed by atoms with van der Waals surface area (Å²) in [6.07, 6.45) is 6.19. The summed E-state index contributed by atoms with van der Waals surface area (Å²) in [5.74, 6) is 2.49. The molecule has 0 aliphatic carbocycles. The second-order valence-corrected chi connectivity index (χ2v) is 4.78. The Bertz CT molecular complexity index is 620. The minimum atomic E-state index is -0.334. The van der Waals surface area contributed by atoms with Gasteiger partial charge >= 0.3 is 0 Å². The molecule has 0 radical (unpaired) electrons. The van der Waals surface area contributed by atoms with Crippen molar-refractivity contribution in [2.45, 2.75) is 33.2 Å². The molecule has 1 atom stereocenters. The van der Waals surface area contributed by atoms with Crippen LogP contribution in [0, 0.1) is 19.3 Å². The van der Waals surface area contributed by atoms with E-state index < -0.39 is 0 Å². The van der Waals surface area contributed by atoms with Crippen LogP contribution in [0.25, 0.3) is 5.57 Å². The number of aliphatic hydroxyl groups excluding tert-OH is 1. The van der Waals surface area contributed by atoms with E-state index >= 15 is 0 Å². The van der Waals surface area contributed by atoms with E-state index in [2.05, 4.69) is 11.2 Å². The van der Waals surface area contributed by atoms with Gasteiger partial charge in [0.05, 0.1) is 11.6 Å². The van der Waals surface area contributed by atoms with Crippen molar-refractivity contribution in [1.82, 2.24) is 5.32 Å². The maximum Gasteiger partial charge on any atom is 0.255 e. The molecule has 1 aliphatic heterocycles. The molecule has 0 spiro atoms. The highest BCUT2D eigenvalue weighted by molar-refractivity contribution is 6.23. The van der Waals surface area contributed by atoms with Crippen LogP contribution >= 0.6 is 0 Å². The fraction of sp³-hybridized carbons (Fsp3) is 0.312. The summed E-state index contributed by atoms with van der Waals surface area (Å²) in [6, 6.07) is 3.43. The van der Waals surface area contributed by atoms with Gasteiger partial charge in [0.25, 0.3) is 5.91 Å². The highest BCUT2D eigenvalue weighted by Crippen LogP contribution is 2.31. The van der Waals surface area contributed by atoms with Crippen molar-refractivity contribution in [1.29, 1.82) is 0 Å². The highest BCUT2D eigenvalue weighted by atomic mass is 16.3. The largest absolute Gasteiger partial charge is 0.509 e. The van der Waals surface area contributed by atoms with Gasteiger partial charge in [-0.2, -0.15) is 0 Å². The van der Waals surface area contributed by atoms with Crippen LogP contribution in [0.4, 0.5) is 0 Å². The Balaban J connectivity index is 2.70. The number of nitrogens with one attached hydrogen (secondary N) is 1. The average Bonchev–Trinajstić information content (AvgIpc) is 2.63. The van der Waals surface area contributed by atoms with Gasteiger partial charge < -0.3 is 10.4 Å². The molecule has 3 heteroatoms. The zero-order valence-corrected chi connectivity index (χ0v) is 11.4. The Labute approximate surface area is 113 Å². The summed E-state index contributed by atoms with van der Waals surface area (Å²) >= 11 is 0. The lowest BCUT2D eigenvalue weighted by Gasteiger charge is -2.13. The molecule has 1 unspecified atom stereocenters. The smallest absolute Gasteiger partial charge is 0.255 e. The highest BCUT2D eigenvalue weighted by Gasteiger charge is 2.31. The van der Waals surface area contributed by atoms with Crippen molar-refractivity contribution in [3.8, 4) is 12.3 Å². The van der Waals surface area contributed by atoms with Crippen LogP contribution in [0.2, 0.25) is 0 Å². The van der Waals surface area contributed by atoms with Gasteiger partial charge in [-0.05, 0) is 49.1 Å². The van der Waals surface area contributed by atoms with Crippen molar-refractivity contribution in [3.05, 3.63) is 40.1 Å². The Morgan fingerprint density at radius 3 is 2.63 bits per heavy atom. The van der Waals surface area contributed by atoms with Gasteiger partial charge in [0.1, 0.15) is 5.76 Å². The first-order valence-corrected chi connectivity index (χ1v) is 6.34. The summed E-state index contributed by atoms with van der Waals surface area (Å²) in [6.45, 7) is 5.68. The maximum absolute atomic E-state index is 12.0. The minimum absolute atomic E-state index is 0.108. The molecule has 0 aromatic heterocycles. The molecule has 3 nitrogen and oxygen atoms in total. The molecule has 1 amide bonds. The number of carbonyl (C=O) groups is 1. The third-order valence-corrected chi connectivity index (χ3v) is 3.46. The van der Waals surface area contributed by atoms with E-state index in [4.69, 9.17) is 6.42 Å². The van der Waals surface area contributed by atoms with Crippen LogP contribution < -0.4 is 5.32 Å². The second kappa shape index (κ2) is 4.81. The van der Waals surface area contributed by atoms with Crippen LogP contribution in [0.1, 0.15) is 36.1 Å². The summed E-state index contributed by atoms with van der Waals surface area (Å²) in [4.78, 5) is 12.0. The fourth-order valence-corrected chi connectivity index (χ4v) is 2.49. The number of terminal acetylenes is 1. The molecule has 19 heavy (non-hydrogen) atoms. The summed E-state index contributed by atoms with van der Waals surface area (Å²) in [5.41, 5.74) is 3.88. The van der Waals surface area contributed by atoms with Gasteiger partial charge in [-0.15, -0.1) is 6.42 Å². The van der Waals surface area contributed by atoms with E-state index in [9.17, 15) is 9.90 Å². The van der Waals surface area contributed by atoms with Crippen LogP contribution in [0.3, 0.4) is 0 Å². The maximum atomic E-state index is 12.0. The number of carbonyl (C=O) groups excluding carboxylic acids is 1. The van der Waals surface area contributed by atoms with Crippen LogP contribution in [0.15, 0.2) is 17.9 Å². The Hall–Kier alpha value is -2.21. The van der Waals surface area contributed by atoms with E-state index in [0.717, 1.165) is 28.7 Å². The standard InChI is InChI=1S/C16H17NO2/c1-5-11-7-9(3)13(12(6-2)8-11)14-15(18)10(4)17-16(14)19/h1,7-8,10,18H,6H2,2-4H3,(H,17,19). The van der Waals surface area contributed by atoms with E-state index in [0.29, 0.717) is 5.57 Å². The molecule has 1 aromatic rings. The SMILES string of the molecule is C#Cc1cc(C)c(C2=C(O)C(C)NC2=O)c(CC)c1. The summed E-state index contributed by atoms with van der Waals surface area (Å²) < 4.78 is 0. The Morgan fingerprint density at radius 1 is 1.47 bits per heavy atom. The van der Waals surface area contributed by atoms with E-state index in [1.807, 2.05) is 26.0 Å². The number of rotatable bonds is 2. The summed E-state index contributed by atoms with van der Waals surface area (Å²) in [5, 5.41) is 12.8. The van der Waals surface area contributed by atoms with Gasteiger partial charge in [0.2, 0.25) is 0 Å². The fourth-order valence-electron chi connectivity index (χ4n) is 2.49. The third kappa shape index (κ3) is 2.10. The van der Waals surface area contributed by atoms with Crippen molar-refractivity contribution < 1.29 is 9.90 Å². The van der Waals surface area contributed by atoms with Gasteiger partial charge in [-0.3, -0.25) is 4.79 Å². The van der Waals surface area contributed by atoms with Crippen LogP contribution in [0.5, 0.6) is 0 Å². The number of aryl methyl sites for hydroxylation is 2. The molecule has 2 N–H and O–H groups in total. The van der Waals surface area contributed by atoms with Gasteiger partial charge in [0.15, 0.2) is 0 Å². The quantitative estimate of drug-likeness (QED) is 0.797. The first-order valence-electron chi connectivity index (χ1n) is 6.34. The number of hydrogen-bond acceptors (Lipinski definition) is 2. The van der Waals surface area contributed by atoms with Crippen molar-refractivity contribution in [3.63, 3.8) is 0 Å². The molecular formula is C16H17NO2. The van der Waals surface area contributed by atoms with Gasteiger partial charge in [0, 0.05) is 5.56 Å². The molecule has 1 heterocycles. The normalized spacial score (nSPS) is 18.4. The zero-order chi connectivity index (χ0) is 14.2. The van der Waals surface area contributed by atoms with E-state index in [-0.39, 0.29) is 17.7 Å². The Kier molecular flexibility index (Phi) is 3.35. The molecule has 0 bridgehead atoms. The van der Waals surface area contributed by atoms with E-state index in [1.54, 1.807) is 6.92 Å². The molecule has 0 saturated carbocycles. The molecule has 0 fully saturated rings. The second-order valence-electron chi connectivity index (χ2n) is 4.78. The molecule has 0 saturated heterocycles. The molecule has 2 rings (SSSR count). The molecule has 1 aromatic carbocycles. The lowest BCUT2D eigenvalue weighted by atomic mass is 9.91. The monoisotopic (exact) mass is 255 g/mol.